The summed E-state index contributed by atoms with van der Waals surface area (Å²) in [7, 11) is 0. The lowest BCUT2D eigenvalue weighted by Gasteiger charge is -2.29. The van der Waals surface area contributed by atoms with E-state index in [4.69, 9.17) is 0 Å². The highest BCUT2D eigenvalue weighted by Gasteiger charge is 2.23. The molecule has 2 N–H and O–H groups in total. The maximum atomic E-state index is 12.3. The van der Waals surface area contributed by atoms with Gasteiger partial charge in [-0.2, -0.15) is 11.8 Å². The second-order valence-electron chi connectivity index (χ2n) is 5.67. The van der Waals surface area contributed by atoms with E-state index in [1.54, 1.807) is 24.3 Å². The molecule has 1 saturated carbocycles. The van der Waals surface area contributed by atoms with Gasteiger partial charge in [-0.1, -0.05) is 13.3 Å². The van der Waals surface area contributed by atoms with Crippen LogP contribution < -0.4 is 10.6 Å². The SMILES string of the molecule is CCS[C@@H]1CCC[C@@H](NC(=O)c2ccc(NC(C)=O)cc2)C1. The van der Waals surface area contributed by atoms with Crippen molar-refractivity contribution in [2.45, 2.75) is 50.8 Å². The lowest BCUT2D eigenvalue weighted by molar-refractivity contribution is -0.114. The van der Waals surface area contributed by atoms with Gasteiger partial charge in [-0.25, -0.2) is 0 Å². The quantitative estimate of drug-likeness (QED) is 0.874. The highest BCUT2D eigenvalue weighted by Crippen LogP contribution is 2.28. The van der Waals surface area contributed by atoms with Crippen LogP contribution in [0.25, 0.3) is 0 Å². The maximum absolute atomic E-state index is 12.3. The molecule has 0 unspecified atom stereocenters. The van der Waals surface area contributed by atoms with Crippen molar-refractivity contribution in [2.24, 2.45) is 0 Å². The lowest BCUT2D eigenvalue weighted by Crippen LogP contribution is -2.39. The van der Waals surface area contributed by atoms with Crippen LogP contribution in [0.2, 0.25) is 0 Å². The molecule has 1 aliphatic carbocycles. The van der Waals surface area contributed by atoms with Crippen LogP contribution in [0, 0.1) is 0 Å². The van der Waals surface area contributed by atoms with Gasteiger partial charge >= 0.3 is 0 Å². The summed E-state index contributed by atoms with van der Waals surface area (Å²) in [6.07, 6.45) is 4.57. The third-order valence-electron chi connectivity index (χ3n) is 3.83. The highest BCUT2D eigenvalue weighted by molar-refractivity contribution is 7.99. The Bertz CT molecular complexity index is 514. The molecular formula is C17H24N2O2S. The van der Waals surface area contributed by atoms with Gasteiger partial charge in [0.15, 0.2) is 0 Å². The molecule has 1 aliphatic rings. The van der Waals surface area contributed by atoms with Gasteiger partial charge in [0.1, 0.15) is 0 Å². The Morgan fingerprint density at radius 2 is 1.95 bits per heavy atom. The molecule has 2 amide bonds. The Morgan fingerprint density at radius 3 is 2.59 bits per heavy atom. The van der Waals surface area contributed by atoms with Gasteiger partial charge in [-0.15, -0.1) is 0 Å². The van der Waals surface area contributed by atoms with Gasteiger partial charge in [-0.3, -0.25) is 9.59 Å². The molecule has 1 fully saturated rings. The average Bonchev–Trinajstić information content (AvgIpc) is 2.48. The number of carbonyl (C=O) groups excluding carboxylic acids is 2. The van der Waals surface area contributed by atoms with Crippen LogP contribution in [0.15, 0.2) is 24.3 Å². The number of thioether (sulfide) groups is 1. The molecule has 0 radical (unpaired) electrons. The summed E-state index contributed by atoms with van der Waals surface area (Å²) in [5, 5.41) is 6.52. The summed E-state index contributed by atoms with van der Waals surface area (Å²) >= 11 is 1.99. The minimum absolute atomic E-state index is 0.0264. The molecule has 0 heterocycles. The molecule has 2 atom stereocenters. The minimum Gasteiger partial charge on any atom is -0.349 e. The molecule has 4 nitrogen and oxygen atoms in total. The van der Waals surface area contributed by atoms with Gasteiger partial charge in [0.2, 0.25) is 5.91 Å². The highest BCUT2D eigenvalue weighted by atomic mass is 32.2. The van der Waals surface area contributed by atoms with Crippen LogP contribution in [-0.4, -0.2) is 28.9 Å². The summed E-state index contributed by atoms with van der Waals surface area (Å²) in [5.41, 5.74) is 1.35. The van der Waals surface area contributed by atoms with Gasteiger partial charge in [0.25, 0.3) is 5.91 Å². The van der Waals surface area contributed by atoms with E-state index in [0.29, 0.717) is 16.5 Å². The van der Waals surface area contributed by atoms with Crippen molar-refractivity contribution >= 4 is 29.3 Å². The van der Waals surface area contributed by atoms with Gasteiger partial charge in [-0.05, 0) is 49.3 Å². The molecule has 5 heteroatoms. The summed E-state index contributed by atoms with van der Waals surface area (Å²) in [4.78, 5) is 23.3. The fourth-order valence-electron chi connectivity index (χ4n) is 2.84. The van der Waals surface area contributed by atoms with E-state index in [-0.39, 0.29) is 17.9 Å². The normalized spacial score (nSPS) is 21.2. The molecule has 1 aromatic rings. The first-order valence-electron chi connectivity index (χ1n) is 7.88. The van der Waals surface area contributed by atoms with Crippen LogP contribution in [0.1, 0.15) is 49.9 Å². The number of anilines is 1. The van der Waals surface area contributed by atoms with E-state index in [2.05, 4.69) is 17.6 Å². The summed E-state index contributed by atoms with van der Waals surface area (Å²) in [6.45, 7) is 3.65. The number of rotatable bonds is 5. The minimum atomic E-state index is -0.112. The standard InChI is InChI=1S/C17H24N2O2S/c1-3-22-16-6-4-5-15(11-16)19-17(21)13-7-9-14(10-8-13)18-12(2)20/h7-10,15-16H,3-6,11H2,1-2H3,(H,18,20)(H,19,21)/t15-,16-/m1/s1. The van der Waals surface area contributed by atoms with Crippen LogP contribution in [0.4, 0.5) is 5.69 Å². The van der Waals surface area contributed by atoms with Crippen molar-refractivity contribution in [1.29, 1.82) is 0 Å². The van der Waals surface area contributed by atoms with Crippen LogP contribution in [0.5, 0.6) is 0 Å². The largest absolute Gasteiger partial charge is 0.349 e. The lowest BCUT2D eigenvalue weighted by atomic mass is 9.94. The summed E-state index contributed by atoms with van der Waals surface area (Å²) in [5.74, 6) is 0.996. The maximum Gasteiger partial charge on any atom is 0.251 e. The molecule has 0 aromatic heterocycles. The number of carbonyl (C=O) groups is 2. The second kappa shape index (κ2) is 8.22. The van der Waals surface area contributed by atoms with Crippen molar-refractivity contribution < 1.29 is 9.59 Å². The Hall–Kier alpha value is -1.49. The third-order valence-corrected chi connectivity index (χ3v) is 5.06. The van der Waals surface area contributed by atoms with Gasteiger partial charge < -0.3 is 10.6 Å². The van der Waals surface area contributed by atoms with Crippen molar-refractivity contribution in [1.82, 2.24) is 5.32 Å². The topological polar surface area (TPSA) is 58.2 Å². The monoisotopic (exact) mass is 320 g/mol. The van der Waals surface area contributed by atoms with E-state index in [0.717, 1.165) is 18.6 Å². The van der Waals surface area contributed by atoms with E-state index < -0.39 is 0 Å². The number of hydrogen-bond donors (Lipinski definition) is 2. The smallest absolute Gasteiger partial charge is 0.251 e. The molecular weight excluding hydrogens is 296 g/mol. The Balaban J connectivity index is 1.89. The number of benzene rings is 1. The average molecular weight is 320 g/mol. The molecule has 1 aromatic carbocycles. The Morgan fingerprint density at radius 1 is 1.23 bits per heavy atom. The Labute approximate surface area is 136 Å². The van der Waals surface area contributed by atoms with Crippen molar-refractivity contribution in [2.75, 3.05) is 11.1 Å². The van der Waals surface area contributed by atoms with Crippen molar-refractivity contribution in [3.8, 4) is 0 Å². The third kappa shape index (κ3) is 5.05. The Kier molecular flexibility index (Phi) is 6.31. The molecule has 2 rings (SSSR count). The van der Waals surface area contributed by atoms with Gasteiger partial charge in [0, 0.05) is 29.5 Å². The van der Waals surface area contributed by atoms with Crippen molar-refractivity contribution in [3.05, 3.63) is 29.8 Å². The summed E-state index contributed by atoms with van der Waals surface area (Å²) < 4.78 is 0. The van der Waals surface area contributed by atoms with Crippen LogP contribution in [-0.2, 0) is 4.79 Å². The summed E-state index contributed by atoms with van der Waals surface area (Å²) in [6, 6.07) is 7.30. The van der Waals surface area contributed by atoms with Gasteiger partial charge in [0.05, 0.1) is 0 Å². The first kappa shape index (κ1) is 16.9. The zero-order valence-corrected chi connectivity index (χ0v) is 14.0. The van der Waals surface area contributed by atoms with Crippen LogP contribution >= 0.6 is 11.8 Å². The fourth-order valence-corrected chi connectivity index (χ4v) is 4.01. The zero-order valence-electron chi connectivity index (χ0n) is 13.2. The molecule has 0 aliphatic heterocycles. The fraction of sp³-hybridized carbons (Fsp3) is 0.529. The van der Waals surface area contributed by atoms with Crippen molar-refractivity contribution in [3.63, 3.8) is 0 Å². The van der Waals surface area contributed by atoms with E-state index in [1.165, 1.54) is 19.8 Å². The predicted octanol–water partition coefficient (Wildman–Crippen LogP) is 3.44. The molecule has 0 bridgehead atoms. The van der Waals surface area contributed by atoms with E-state index in [9.17, 15) is 9.59 Å². The van der Waals surface area contributed by atoms with E-state index in [1.807, 2.05) is 11.8 Å². The van der Waals surface area contributed by atoms with E-state index >= 15 is 0 Å². The molecule has 120 valence electrons. The second-order valence-corrected chi connectivity index (χ2v) is 7.25. The van der Waals surface area contributed by atoms with Crippen LogP contribution in [0.3, 0.4) is 0 Å². The number of hydrogen-bond acceptors (Lipinski definition) is 3. The molecule has 0 spiro atoms. The zero-order chi connectivity index (χ0) is 15.9. The molecule has 22 heavy (non-hydrogen) atoms. The first-order chi connectivity index (χ1) is 10.6. The predicted molar refractivity (Wildman–Crippen MR) is 92.4 cm³/mol. The number of amides is 2. The first-order valence-corrected chi connectivity index (χ1v) is 8.93. The number of nitrogens with one attached hydrogen (secondary N) is 2. The molecule has 0 saturated heterocycles.